The van der Waals surface area contributed by atoms with Gasteiger partial charge < -0.3 is 9.84 Å². The Morgan fingerprint density at radius 3 is 2.44 bits per heavy atom. The minimum atomic E-state index is -0.843. The fraction of sp³-hybridized carbons (Fsp3) is 0.200. The molecular weight excluding hydrogens is 385 g/mol. The molecule has 0 aliphatic carbocycles. The number of halogens is 1. The number of thiazole rings is 1. The van der Waals surface area contributed by atoms with Gasteiger partial charge in [-0.05, 0) is 42.3 Å². The van der Waals surface area contributed by atoms with Gasteiger partial charge in [-0.3, -0.25) is 4.79 Å². The van der Waals surface area contributed by atoms with Crippen LogP contribution in [0, 0.1) is 5.82 Å². The highest BCUT2D eigenvalue weighted by atomic mass is 32.2. The second-order valence-corrected chi connectivity index (χ2v) is 8.28. The largest absolute Gasteiger partial charge is 0.493 e. The standard InChI is InChI=1S/C20H18FNO3S2/c1-13(19(23)24)27-20-22-17(12-26-20)10-11-25-18-8-4-15(5-9-18)14-2-6-16(21)7-3-14/h2-9,12-13H,10-11H2,1H3,(H,23,24). The summed E-state index contributed by atoms with van der Waals surface area (Å²) in [6, 6.07) is 14.0. The number of nitrogens with zero attached hydrogens (tertiary/aromatic N) is 1. The molecule has 27 heavy (non-hydrogen) atoms. The molecule has 0 radical (unpaired) electrons. The summed E-state index contributed by atoms with van der Waals surface area (Å²) in [5, 5.41) is 10.4. The average molecular weight is 404 g/mol. The van der Waals surface area contributed by atoms with Crippen LogP contribution in [0.2, 0.25) is 0 Å². The minimum absolute atomic E-state index is 0.250. The van der Waals surface area contributed by atoms with E-state index < -0.39 is 11.2 Å². The van der Waals surface area contributed by atoms with Crippen molar-refractivity contribution < 1.29 is 19.0 Å². The van der Waals surface area contributed by atoms with Gasteiger partial charge in [-0.15, -0.1) is 11.3 Å². The van der Waals surface area contributed by atoms with E-state index in [9.17, 15) is 9.18 Å². The van der Waals surface area contributed by atoms with Crippen LogP contribution in [0.15, 0.2) is 58.3 Å². The van der Waals surface area contributed by atoms with Gasteiger partial charge in [0.2, 0.25) is 0 Å². The maximum Gasteiger partial charge on any atom is 0.316 e. The van der Waals surface area contributed by atoms with Crippen LogP contribution in [0.1, 0.15) is 12.6 Å². The maximum absolute atomic E-state index is 13.0. The Kier molecular flexibility index (Phi) is 6.47. The molecule has 0 saturated carbocycles. The lowest BCUT2D eigenvalue weighted by atomic mass is 10.1. The molecule has 140 valence electrons. The summed E-state index contributed by atoms with van der Waals surface area (Å²) in [6.07, 6.45) is 0.651. The van der Waals surface area contributed by atoms with Crippen LogP contribution in [0.25, 0.3) is 11.1 Å². The first-order valence-corrected chi connectivity index (χ1v) is 10.1. The molecule has 0 aliphatic heterocycles. The number of hydrogen-bond acceptors (Lipinski definition) is 5. The Hall–Kier alpha value is -2.38. The third-order valence-electron chi connectivity index (χ3n) is 3.81. The molecule has 4 nitrogen and oxygen atoms in total. The summed E-state index contributed by atoms with van der Waals surface area (Å²) in [6.45, 7) is 2.13. The van der Waals surface area contributed by atoms with Crippen molar-refractivity contribution in [3.05, 3.63) is 65.4 Å². The van der Waals surface area contributed by atoms with Crippen molar-refractivity contribution >= 4 is 29.1 Å². The van der Waals surface area contributed by atoms with E-state index in [0.29, 0.717) is 13.0 Å². The number of ether oxygens (including phenoxy) is 1. The Bertz CT molecular complexity index is 894. The van der Waals surface area contributed by atoms with Gasteiger partial charge in [-0.25, -0.2) is 9.37 Å². The number of hydrogen-bond donors (Lipinski definition) is 1. The number of rotatable bonds is 8. The fourth-order valence-electron chi connectivity index (χ4n) is 2.32. The number of carboxylic acids is 1. The summed E-state index contributed by atoms with van der Waals surface area (Å²) in [5.41, 5.74) is 2.84. The summed E-state index contributed by atoms with van der Waals surface area (Å²) in [5.74, 6) is -0.339. The van der Waals surface area contributed by atoms with Gasteiger partial charge in [-0.2, -0.15) is 0 Å². The molecule has 1 heterocycles. The summed E-state index contributed by atoms with van der Waals surface area (Å²) in [7, 11) is 0. The fourth-order valence-corrected chi connectivity index (χ4v) is 4.27. The zero-order chi connectivity index (χ0) is 19.2. The number of carbonyl (C=O) groups is 1. The topological polar surface area (TPSA) is 59.4 Å². The molecule has 1 aromatic heterocycles. The van der Waals surface area contributed by atoms with Gasteiger partial charge in [0, 0.05) is 11.8 Å². The van der Waals surface area contributed by atoms with Gasteiger partial charge in [0.25, 0.3) is 0 Å². The SMILES string of the molecule is CC(Sc1nc(CCOc2ccc(-c3ccc(F)cc3)cc2)cs1)C(=O)O. The van der Waals surface area contributed by atoms with Gasteiger partial charge in [0.05, 0.1) is 12.3 Å². The van der Waals surface area contributed by atoms with E-state index in [0.717, 1.165) is 26.9 Å². The number of carboxylic acid groups (broad SMARTS) is 1. The normalized spacial score (nSPS) is 11.9. The Morgan fingerprint density at radius 2 is 1.81 bits per heavy atom. The second kappa shape index (κ2) is 9.01. The predicted octanol–water partition coefficient (Wildman–Crippen LogP) is 5.14. The molecule has 1 unspecified atom stereocenters. The molecule has 3 rings (SSSR count). The predicted molar refractivity (Wildman–Crippen MR) is 106 cm³/mol. The summed E-state index contributed by atoms with van der Waals surface area (Å²) >= 11 is 2.69. The van der Waals surface area contributed by atoms with Gasteiger partial charge >= 0.3 is 5.97 Å². The van der Waals surface area contributed by atoms with Crippen molar-refractivity contribution in [1.82, 2.24) is 4.98 Å². The highest BCUT2D eigenvalue weighted by molar-refractivity contribution is 8.02. The van der Waals surface area contributed by atoms with Gasteiger partial charge in [0.15, 0.2) is 4.34 Å². The van der Waals surface area contributed by atoms with Crippen molar-refractivity contribution in [2.45, 2.75) is 22.9 Å². The Morgan fingerprint density at radius 1 is 1.19 bits per heavy atom. The lowest BCUT2D eigenvalue weighted by Gasteiger charge is -2.07. The second-order valence-electron chi connectivity index (χ2n) is 5.83. The van der Waals surface area contributed by atoms with Crippen LogP contribution >= 0.6 is 23.1 Å². The quantitative estimate of drug-likeness (QED) is 0.528. The van der Waals surface area contributed by atoms with Crippen molar-refractivity contribution in [3.8, 4) is 16.9 Å². The van der Waals surface area contributed by atoms with E-state index in [4.69, 9.17) is 9.84 Å². The van der Waals surface area contributed by atoms with E-state index in [-0.39, 0.29) is 5.82 Å². The number of aliphatic carboxylic acids is 1. The molecule has 7 heteroatoms. The van der Waals surface area contributed by atoms with Crippen LogP contribution in [0.4, 0.5) is 4.39 Å². The molecular formula is C20H18FNO3S2. The summed E-state index contributed by atoms with van der Waals surface area (Å²) < 4.78 is 19.5. The van der Waals surface area contributed by atoms with Gasteiger partial charge in [0.1, 0.15) is 16.8 Å². The Labute approximate surface area is 165 Å². The molecule has 1 atom stereocenters. The third-order valence-corrected chi connectivity index (χ3v) is 5.92. The molecule has 0 spiro atoms. The monoisotopic (exact) mass is 403 g/mol. The maximum atomic E-state index is 13.0. The molecule has 0 bridgehead atoms. The number of benzene rings is 2. The highest BCUT2D eigenvalue weighted by Crippen LogP contribution is 2.27. The zero-order valence-electron chi connectivity index (χ0n) is 14.6. The van der Waals surface area contributed by atoms with E-state index in [1.165, 1.54) is 35.2 Å². The molecule has 2 aromatic carbocycles. The van der Waals surface area contributed by atoms with Crippen molar-refractivity contribution in [1.29, 1.82) is 0 Å². The molecule has 0 saturated heterocycles. The minimum Gasteiger partial charge on any atom is -0.493 e. The first-order valence-electron chi connectivity index (χ1n) is 8.34. The van der Waals surface area contributed by atoms with Crippen molar-refractivity contribution in [3.63, 3.8) is 0 Å². The first kappa shape index (κ1) is 19.4. The van der Waals surface area contributed by atoms with Crippen LogP contribution in [-0.2, 0) is 11.2 Å². The van der Waals surface area contributed by atoms with Crippen molar-refractivity contribution in [2.75, 3.05) is 6.61 Å². The highest BCUT2D eigenvalue weighted by Gasteiger charge is 2.14. The smallest absolute Gasteiger partial charge is 0.316 e. The average Bonchev–Trinajstić information content (AvgIpc) is 3.10. The van der Waals surface area contributed by atoms with Crippen LogP contribution in [0.5, 0.6) is 5.75 Å². The number of aromatic nitrogens is 1. The molecule has 0 fully saturated rings. The lowest BCUT2D eigenvalue weighted by molar-refractivity contribution is -0.136. The number of thioether (sulfide) groups is 1. The third kappa shape index (κ3) is 5.55. The first-order chi connectivity index (χ1) is 13.0. The molecule has 0 aliphatic rings. The summed E-state index contributed by atoms with van der Waals surface area (Å²) in [4.78, 5) is 15.3. The van der Waals surface area contributed by atoms with E-state index in [2.05, 4.69) is 4.98 Å². The van der Waals surface area contributed by atoms with Crippen LogP contribution in [-0.4, -0.2) is 27.9 Å². The van der Waals surface area contributed by atoms with E-state index in [1.54, 1.807) is 19.1 Å². The molecule has 1 N–H and O–H groups in total. The van der Waals surface area contributed by atoms with E-state index in [1.807, 2.05) is 29.6 Å². The lowest BCUT2D eigenvalue weighted by Crippen LogP contribution is -2.10. The van der Waals surface area contributed by atoms with Crippen molar-refractivity contribution in [2.24, 2.45) is 0 Å². The van der Waals surface area contributed by atoms with Crippen LogP contribution in [0.3, 0.4) is 0 Å². The zero-order valence-corrected chi connectivity index (χ0v) is 16.2. The van der Waals surface area contributed by atoms with E-state index >= 15 is 0 Å². The Balaban J connectivity index is 1.50. The molecule has 3 aromatic rings. The molecule has 0 amide bonds. The van der Waals surface area contributed by atoms with Gasteiger partial charge in [-0.1, -0.05) is 36.0 Å². The van der Waals surface area contributed by atoms with Crippen LogP contribution < -0.4 is 4.74 Å².